The summed E-state index contributed by atoms with van der Waals surface area (Å²) < 4.78 is 1.87. The van der Waals surface area contributed by atoms with Gasteiger partial charge in [0.2, 0.25) is 5.91 Å². The van der Waals surface area contributed by atoms with Crippen molar-refractivity contribution < 1.29 is 19.5 Å². The lowest BCUT2D eigenvalue weighted by atomic mass is 10.0. The number of nitrogens with one attached hydrogen (secondary N) is 2. The van der Waals surface area contributed by atoms with Crippen LogP contribution in [0.2, 0.25) is 0 Å². The Hall–Kier alpha value is -3.09. The molecule has 0 radical (unpaired) electrons. The zero-order chi connectivity index (χ0) is 19.1. The van der Waals surface area contributed by atoms with Crippen LogP contribution in [0.15, 0.2) is 48.8 Å². The van der Waals surface area contributed by atoms with Gasteiger partial charge in [0.25, 0.3) is 5.91 Å². The summed E-state index contributed by atoms with van der Waals surface area (Å²) in [6, 6.07) is 9.79. The Balaban J connectivity index is 1.93. The molecule has 0 unspecified atom stereocenters. The van der Waals surface area contributed by atoms with E-state index in [2.05, 4.69) is 10.6 Å². The van der Waals surface area contributed by atoms with Crippen molar-refractivity contribution in [3.63, 3.8) is 0 Å². The van der Waals surface area contributed by atoms with Gasteiger partial charge in [0.15, 0.2) is 0 Å². The van der Waals surface area contributed by atoms with E-state index in [1.54, 1.807) is 18.2 Å². The van der Waals surface area contributed by atoms with Crippen molar-refractivity contribution in [2.45, 2.75) is 26.3 Å². The van der Waals surface area contributed by atoms with Crippen LogP contribution in [0, 0.1) is 5.92 Å². The SMILES string of the molecule is CC(C)C[C@H](NC(=O)CNC(=O)c1cccc(-n2cccc2)c1)C(=O)O. The summed E-state index contributed by atoms with van der Waals surface area (Å²) in [6.45, 7) is 3.47. The first-order valence-corrected chi connectivity index (χ1v) is 8.40. The third-order valence-corrected chi connectivity index (χ3v) is 3.76. The van der Waals surface area contributed by atoms with E-state index >= 15 is 0 Å². The predicted molar refractivity (Wildman–Crippen MR) is 97.1 cm³/mol. The number of carboxylic acids is 1. The maximum absolute atomic E-state index is 12.3. The fourth-order valence-electron chi connectivity index (χ4n) is 2.52. The minimum Gasteiger partial charge on any atom is -0.480 e. The Kier molecular flexibility index (Phi) is 6.54. The highest BCUT2D eigenvalue weighted by molar-refractivity contribution is 5.97. The number of hydrogen-bond acceptors (Lipinski definition) is 3. The fraction of sp³-hybridized carbons (Fsp3) is 0.316. The smallest absolute Gasteiger partial charge is 0.326 e. The maximum Gasteiger partial charge on any atom is 0.326 e. The molecule has 0 bridgehead atoms. The Morgan fingerprint density at radius 3 is 2.42 bits per heavy atom. The Bertz CT molecular complexity index is 769. The molecule has 0 aliphatic heterocycles. The summed E-state index contributed by atoms with van der Waals surface area (Å²) in [5, 5.41) is 14.1. The topological polar surface area (TPSA) is 100 Å². The van der Waals surface area contributed by atoms with Crippen LogP contribution < -0.4 is 10.6 Å². The number of carbonyl (C=O) groups is 3. The van der Waals surface area contributed by atoms with E-state index in [0.29, 0.717) is 12.0 Å². The number of aromatic nitrogens is 1. The maximum atomic E-state index is 12.3. The predicted octanol–water partition coefficient (Wildman–Crippen LogP) is 1.82. The average molecular weight is 357 g/mol. The molecule has 1 heterocycles. The largest absolute Gasteiger partial charge is 0.480 e. The number of hydrogen-bond donors (Lipinski definition) is 3. The van der Waals surface area contributed by atoms with Gasteiger partial charge in [0.1, 0.15) is 6.04 Å². The molecule has 1 aromatic carbocycles. The van der Waals surface area contributed by atoms with Crippen molar-refractivity contribution >= 4 is 17.8 Å². The van der Waals surface area contributed by atoms with E-state index in [1.165, 1.54) is 0 Å². The van der Waals surface area contributed by atoms with Gasteiger partial charge in [-0.2, -0.15) is 0 Å². The standard InChI is InChI=1S/C19H23N3O4/c1-13(2)10-16(19(25)26)21-17(23)12-20-18(24)14-6-5-7-15(11-14)22-8-3-4-9-22/h3-9,11,13,16H,10,12H2,1-2H3,(H,20,24)(H,21,23)(H,25,26)/t16-/m0/s1. The zero-order valence-corrected chi connectivity index (χ0v) is 14.8. The average Bonchev–Trinajstić information content (AvgIpc) is 3.13. The van der Waals surface area contributed by atoms with Gasteiger partial charge in [-0.25, -0.2) is 4.79 Å². The van der Waals surface area contributed by atoms with Gasteiger partial charge >= 0.3 is 5.97 Å². The van der Waals surface area contributed by atoms with Crippen LogP contribution in [0.4, 0.5) is 0 Å². The van der Waals surface area contributed by atoms with Crippen LogP contribution in [0.5, 0.6) is 0 Å². The molecule has 1 aromatic heterocycles. The molecule has 0 saturated carbocycles. The molecule has 7 heteroatoms. The molecular formula is C19H23N3O4. The highest BCUT2D eigenvalue weighted by Crippen LogP contribution is 2.11. The minimum atomic E-state index is -1.09. The van der Waals surface area contributed by atoms with Gasteiger partial charge in [-0.15, -0.1) is 0 Å². The van der Waals surface area contributed by atoms with Crippen LogP contribution in [0.3, 0.4) is 0 Å². The molecule has 0 saturated heterocycles. The number of rotatable bonds is 8. The summed E-state index contributed by atoms with van der Waals surface area (Å²) in [5.74, 6) is -1.89. The summed E-state index contributed by atoms with van der Waals surface area (Å²) in [7, 11) is 0. The summed E-state index contributed by atoms with van der Waals surface area (Å²) >= 11 is 0. The third kappa shape index (κ3) is 5.47. The number of aliphatic carboxylic acids is 1. The monoisotopic (exact) mass is 357 g/mol. The highest BCUT2D eigenvalue weighted by Gasteiger charge is 2.21. The van der Waals surface area contributed by atoms with Crippen LogP contribution in [-0.2, 0) is 9.59 Å². The summed E-state index contributed by atoms with van der Waals surface area (Å²) in [6.07, 6.45) is 4.06. The first-order valence-electron chi connectivity index (χ1n) is 8.40. The molecule has 2 rings (SSSR count). The van der Waals surface area contributed by atoms with Gasteiger partial charge in [0.05, 0.1) is 6.54 Å². The molecule has 0 fully saturated rings. The van der Waals surface area contributed by atoms with Crippen molar-refractivity contribution in [3.8, 4) is 5.69 Å². The van der Waals surface area contributed by atoms with E-state index in [-0.39, 0.29) is 12.5 Å². The van der Waals surface area contributed by atoms with Gasteiger partial charge < -0.3 is 20.3 Å². The van der Waals surface area contributed by atoms with Crippen molar-refractivity contribution in [3.05, 3.63) is 54.4 Å². The van der Waals surface area contributed by atoms with Gasteiger partial charge in [0, 0.05) is 23.6 Å². The number of nitrogens with zero attached hydrogens (tertiary/aromatic N) is 1. The fourth-order valence-corrected chi connectivity index (χ4v) is 2.52. The molecule has 138 valence electrons. The van der Waals surface area contributed by atoms with Crippen LogP contribution in [0.25, 0.3) is 5.69 Å². The Morgan fingerprint density at radius 1 is 1.12 bits per heavy atom. The van der Waals surface area contributed by atoms with E-state index in [9.17, 15) is 14.4 Å². The van der Waals surface area contributed by atoms with E-state index in [1.807, 2.05) is 49.0 Å². The lowest BCUT2D eigenvalue weighted by Gasteiger charge is -2.16. The first-order chi connectivity index (χ1) is 12.4. The van der Waals surface area contributed by atoms with E-state index < -0.39 is 23.8 Å². The van der Waals surface area contributed by atoms with Crippen LogP contribution >= 0.6 is 0 Å². The second-order valence-corrected chi connectivity index (χ2v) is 6.41. The second-order valence-electron chi connectivity index (χ2n) is 6.41. The van der Waals surface area contributed by atoms with Crippen molar-refractivity contribution in [1.82, 2.24) is 15.2 Å². The molecule has 0 spiro atoms. The molecule has 0 aliphatic carbocycles. The van der Waals surface area contributed by atoms with Gasteiger partial charge in [-0.1, -0.05) is 19.9 Å². The first kappa shape index (κ1) is 19.2. The number of benzene rings is 1. The molecular weight excluding hydrogens is 334 g/mol. The zero-order valence-electron chi connectivity index (χ0n) is 14.8. The van der Waals surface area contributed by atoms with Gasteiger partial charge in [-0.3, -0.25) is 9.59 Å². The van der Waals surface area contributed by atoms with Crippen molar-refractivity contribution in [1.29, 1.82) is 0 Å². The number of carboxylic acid groups (broad SMARTS) is 1. The number of carbonyl (C=O) groups excluding carboxylic acids is 2. The third-order valence-electron chi connectivity index (χ3n) is 3.76. The van der Waals surface area contributed by atoms with E-state index in [0.717, 1.165) is 5.69 Å². The molecule has 2 aromatic rings. The van der Waals surface area contributed by atoms with Crippen molar-refractivity contribution in [2.75, 3.05) is 6.54 Å². The van der Waals surface area contributed by atoms with Crippen molar-refractivity contribution in [2.24, 2.45) is 5.92 Å². The van der Waals surface area contributed by atoms with E-state index in [4.69, 9.17) is 5.11 Å². The second kappa shape index (κ2) is 8.84. The lowest BCUT2D eigenvalue weighted by Crippen LogP contribution is -2.46. The number of amides is 2. The molecule has 0 aliphatic rings. The summed E-state index contributed by atoms with van der Waals surface area (Å²) in [4.78, 5) is 35.4. The quantitative estimate of drug-likeness (QED) is 0.671. The highest BCUT2D eigenvalue weighted by atomic mass is 16.4. The summed E-state index contributed by atoms with van der Waals surface area (Å²) in [5.41, 5.74) is 1.25. The molecule has 7 nitrogen and oxygen atoms in total. The minimum absolute atomic E-state index is 0.127. The molecule has 3 N–H and O–H groups in total. The van der Waals surface area contributed by atoms with Crippen LogP contribution in [0.1, 0.15) is 30.6 Å². The normalized spacial score (nSPS) is 11.8. The van der Waals surface area contributed by atoms with Crippen LogP contribution in [-0.4, -0.2) is 40.0 Å². The lowest BCUT2D eigenvalue weighted by molar-refractivity contribution is -0.142. The molecule has 1 atom stereocenters. The molecule has 26 heavy (non-hydrogen) atoms. The molecule has 2 amide bonds. The Labute approximate surface area is 152 Å². The Morgan fingerprint density at radius 2 is 1.81 bits per heavy atom. The van der Waals surface area contributed by atoms with Gasteiger partial charge in [-0.05, 0) is 42.7 Å².